The molecule has 5 heteroatoms. The van der Waals surface area contributed by atoms with Gasteiger partial charge < -0.3 is 0 Å². The molecule has 0 radical (unpaired) electrons. The monoisotopic (exact) mass is 277 g/mol. The summed E-state index contributed by atoms with van der Waals surface area (Å²) in [6, 6.07) is 3.18. The number of nitrogens with zero attached hydrogens (tertiary/aromatic N) is 2. The summed E-state index contributed by atoms with van der Waals surface area (Å²) in [5, 5.41) is 5.32. The molecule has 86 valence electrons. The fourth-order valence-corrected chi connectivity index (χ4v) is 1.77. The van der Waals surface area contributed by atoms with Gasteiger partial charge in [-0.2, -0.15) is 0 Å². The van der Waals surface area contributed by atoms with Crippen LogP contribution in [0.15, 0.2) is 17.2 Å². The summed E-state index contributed by atoms with van der Waals surface area (Å²) >= 11 is 17.7. The minimum atomic E-state index is 0.341. The van der Waals surface area contributed by atoms with Crippen LogP contribution in [0.25, 0.3) is 0 Å². The topological polar surface area (TPSA) is 26.5 Å². The van der Waals surface area contributed by atoms with Gasteiger partial charge in [0.15, 0.2) is 5.69 Å². The number of hydrogen-bond acceptors (Lipinski definition) is 1. The van der Waals surface area contributed by atoms with Gasteiger partial charge in [0.1, 0.15) is 5.11 Å². The first-order valence-electron chi connectivity index (χ1n) is 4.81. The lowest BCUT2D eigenvalue weighted by atomic mass is 10.1. The van der Waals surface area contributed by atoms with E-state index < -0.39 is 0 Å². The first-order chi connectivity index (χ1) is 7.41. The summed E-state index contributed by atoms with van der Waals surface area (Å²) in [6.07, 6.45) is 0. The van der Waals surface area contributed by atoms with Gasteiger partial charge in [-0.1, -0.05) is 48.7 Å². The van der Waals surface area contributed by atoms with Gasteiger partial charge in [-0.15, -0.1) is 0 Å². The van der Waals surface area contributed by atoms with Crippen molar-refractivity contribution in [3.8, 4) is 0 Å². The molecule has 1 rings (SSSR count). The molecular formula is C11H12Cl3N2+. The number of rotatable bonds is 2. The quantitative estimate of drug-likeness (QED) is 0.411. The minimum Gasteiger partial charge on any atom is -0.0842 e. The Morgan fingerprint density at radius 2 is 1.69 bits per heavy atom. The van der Waals surface area contributed by atoms with E-state index in [0.717, 1.165) is 5.71 Å². The van der Waals surface area contributed by atoms with Crippen LogP contribution in [0.5, 0.6) is 0 Å². The molecule has 0 amide bonds. The molecule has 0 aliphatic rings. The third-order valence-corrected chi connectivity index (χ3v) is 2.92. The highest BCUT2D eigenvalue weighted by atomic mass is 35.5. The Morgan fingerprint density at radius 1 is 1.19 bits per heavy atom. The summed E-state index contributed by atoms with van der Waals surface area (Å²) in [4.78, 5) is 4.07. The highest BCUT2D eigenvalue weighted by molar-refractivity contribution is 6.41. The molecule has 0 spiro atoms. The van der Waals surface area contributed by atoms with E-state index in [1.807, 2.05) is 20.8 Å². The van der Waals surface area contributed by atoms with Crippen molar-refractivity contribution in [2.24, 2.45) is 11.0 Å². The van der Waals surface area contributed by atoms with Gasteiger partial charge in [0.2, 0.25) is 0 Å². The predicted octanol–water partition coefficient (Wildman–Crippen LogP) is 5.06. The van der Waals surface area contributed by atoms with E-state index >= 15 is 0 Å². The number of benzene rings is 1. The second-order valence-electron chi connectivity index (χ2n) is 3.71. The van der Waals surface area contributed by atoms with Gasteiger partial charge >= 0.3 is 5.71 Å². The van der Waals surface area contributed by atoms with E-state index in [1.54, 1.807) is 12.1 Å². The maximum absolute atomic E-state index is 5.97. The van der Waals surface area contributed by atoms with Crippen molar-refractivity contribution in [1.82, 2.24) is 0 Å². The molecule has 0 aliphatic heterocycles. The summed E-state index contributed by atoms with van der Waals surface area (Å²) in [6.45, 7) is 5.99. The van der Waals surface area contributed by atoms with Crippen LogP contribution in [0.2, 0.25) is 15.1 Å². The van der Waals surface area contributed by atoms with Crippen molar-refractivity contribution in [2.75, 3.05) is 0 Å². The molecule has 16 heavy (non-hydrogen) atoms. The normalized spacial score (nSPS) is 10.2. The zero-order valence-electron chi connectivity index (χ0n) is 9.26. The van der Waals surface area contributed by atoms with Crippen LogP contribution in [0.1, 0.15) is 20.8 Å². The fraction of sp³-hybridized carbons (Fsp3) is 0.364. The van der Waals surface area contributed by atoms with Crippen LogP contribution < -0.4 is 0 Å². The van der Waals surface area contributed by atoms with E-state index in [9.17, 15) is 0 Å². The molecule has 1 aromatic rings. The van der Waals surface area contributed by atoms with Gasteiger partial charge in [-0.3, -0.25) is 0 Å². The fourth-order valence-electron chi connectivity index (χ4n) is 0.874. The molecule has 1 aromatic carbocycles. The molecule has 0 unspecified atom stereocenters. The van der Waals surface area contributed by atoms with Crippen LogP contribution in [-0.2, 0) is 0 Å². The predicted molar refractivity (Wildman–Crippen MR) is 69.3 cm³/mol. The van der Waals surface area contributed by atoms with Gasteiger partial charge in [-0.05, 0) is 12.1 Å². The Labute approximate surface area is 110 Å². The molecule has 0 aromatic heterocycles. The molecule has 0 saturated heterocycles. The van der Waals surface area contributed by atoms with Gasteiger partial charge in [0.05, 0.1) is 20.8 Å². The van der Waals surface area contributed by atoms with Gasteiger partial charge in [-0.25, -0.2) is 0 Å². The lowest BCUT2D eigenvalue weighted by Crippen LogP contribution is -2.02. The first kappa shape index (κ1) is 13.5. The van der Waals surface area contributed by atoms with Gasteiger partial charge in [0, 0.05) is 11.9 Å². The van der Waals surface area contributed by atoms with E-state index in [1.165, 1.54) is 0 Å². The van der Waals surface area contributed by atoms with E-state index in [4.69, 9.17) is 34.8 Å². The minimum absolute atomic E-state index is 0.341. The second-order valence-corrected chi connectivity index (χ2v) is 4.96. The lowest BCUT2D eigenvalue weighted by molar-refractivity contribution is -0.0831. The molecule has 0 fully saturated rings. The zero-order chi connectivity index (χ0) is 12.3. The van der Waals surface area contributed by atoms with Crippen molar-refractivity contribution >= 4 is 46.2 Å². The SMILES string of the molecule is CC(=[N+]=Nc1c(Cl)cc(Cl)cc1Cl)C(C)C. The summed E-state index contributed by atoms with van der Waals surface area (Å²) in [5.74, 6) is 0.341. The molecule has 0 heterocycles. The number of halogens is 3. The van der Waals surface area contributed by atoms with Crippen LogP contribution >= 0.6 is 34.8 Å². The Kier molecular flexibility index (Phi) is 4.82. The van der Waals surface area contributed by atoms with Crippen LogP contribution in [0, 0.1) is 5.92 Å². The Bertz CT molecular complexity index is 437. The molecule has 0 saturated carbocycles. The maximum Gasteiger partial charge on any atom is 0.318 e. The summed E-state index contributed by atoms with van der Waals surface area (Å²) < 4.78 is 0. The highest BCUT2D eigenvalue weighted by Crippen LogP contribution is 2.35. The average molecular weight is 279 g/mol. The lowest BCUT2D eigenvalue weighted by Gasteiger charge is -1.96. The third kappa shape index (κ3) is 3.50. The molecule has 0 N–H and O–H groups in total. The molecule has 0 atom stereocenters. The molecule has 0 aliphatic carbocycles. The van der Waals surface area contributed by atoms with E-state index in [2.05, 4.69) is 9.90 Å². The summed E-state index contributed by atoms with van der Waals surface area (Å²) in [5.41, 5.74) is 1.37. The largest absolute Gasteiger partial charge is 0.318 e. The molecule has 2 nitrogen and oxygen atoms in total. The smallest absolute Gasteiger partial charge is 0.0842 e. The Hall–Kier alpha value is -0.530. The first-order valence-corrected chi connectivity index (χ1v) is 5.95. The van der Waals surface area contributed by atoms with Crippen molar-refractivity contribution in [3.05, 3.63) is 27.2 Å². The highest BCUT2D eigenvalue weighted by Gasteiger charge is 2.13. The van der Waals surface area contributed by atoms with Gasteiger partial charge in [0.25, 0.3) is 0 Å². The van der Waals surface area contributed by atoms with Crippen LogP contribution in [-0.4, -0.2) is 10.5 Å². The van der Waals surface area contributed by atoms with Crippen LogP contribution in [0.4, 0.5) is 5.69 Å². The van der Waals surface area contributed by atoms with Crippen molar-refractivity contribution in [2.45, 2.75) is 20.8 Å². The molecular weight excluding hydrogens is 266 g/mol. The van der Waals surface area contributed by atoms with E-state index in [-0.39, 0.29) is 0 Å². The van der Waals surface area contributed by atoms with Crippen molar-refractivity contribution in [3.63, 3.8) is 0 Å². The third-order valence-electron chi connectivity index (χ3n) is 2.12. The summed E-state index contributed by atoms with van der Waals surface area (Å²) in [7, 11) is 0. The zero-order valence-corrected chi connectivity index (χ0v) is 11.5. The Morgan fingerprint density at radius 3 is 2.12 bits per heavy atom. The van der Waals surface area contributed by atoms with Crippen LogP contribution in [0.3, 0.4) is 0 Å². The average Bonchev–Trinajstić information content (AvgIpc) is 2.15. The standard InChI is InChI=1S/C11H12Cl3N2/c1-6(2)7(3)15-16-11-9(13)4-8(12)5-10(11)14/h4-6H,1-3H3/q+1. The van der Waals surface area contributed by atoms with Crippen molar-refractivity contribution < 1.29 is 4.79 Å². The molecule has 0 bridgehead atoms. The number of hydrogen-bond donors (Lipinski definition) is 0. The Balaban J connectivity index is 3.21. The van der Waals surface area contributed by atoms with E-state index in [0.29, 0.717) is 26.7 Å². The maximum atomic E-state index is 5.97. The van der Waals surface area contributed by atoms with Crippen molar-refractivity contribution in [1.29, 1.82) is 0 Å². The second kappa shape index (κ2) is 5.70.